The van der Waals surface area contributed by atoms with E-state index in [-0.39, 0.29) is 40.5 Å². The van der Waals surface area contributed by atoms with Crippen molar-refractivity contribution >= 4 is 44.0 Å². The minimum absolute atomic E-state index is 0.0449. The van der Waals surface area contributed by atoms with Crippen LogP contribution in [0, 0.1) is 26.4 Å². The first-order chi connectivity index (χ1) is 29.6. The second kappa shape index (κ2) is 16.2. The molecule has 330 valence electrons. The van der Waals surface area contributed by atoms with Crippen LogP contribution in [0.2, 0.25) is 0 Å². The molecule has 2 saturated heterocycles. The van der Waals surface area contributed by atoms with Gasteiger partial charge in [0.05, 0.1) is 47.5 Å². The number of piperazine rings is 1. The number of hydrogen-bond acceptors (Lipinski definition) is 12. The number of aromatic amines is 1. The van der Waals surface area contributed by atoms with Crippen molar-refractivity contribution in [2.45, 2.75) is 69.8 Å². The molecule has 2 aliphatic heterocycles. The number of aromatic nitrogens is 2. The molecule has 15 nitrogen and oxygen atoms in total. The fourth-order valence-electron chi connectivity index (χ4n) is 10.1. The highest BCUT2D eigenvalue weighted by Crippen LogP contribution is 2.79. The first-order valence-corrected chi connectivity index (χ1v) is 22.6. The lowest BCUT2D eigenvalue weighted by atomic mass is 9.32. The highest BCUT2D eigenvalue weighted by atomic mass is 32.2. The van der Waals surface area contributed by atoms with E-state index in [1.54, 1.807) is 24.4 Å². The van der Waals surface area contributed by atoms with Crippen LogP contribution in [-0.2, 0) is 19.5 Å². The Kier molecular flexibility index (Phi) is 11.0. The number of nitro groups is 1. The monoisotopic (exact) mass is 875 g/mol. The zero-order valence-corrected chi connectivity index (χ0v) is 35.6. The van der Waals surface area contributed by atoms with E-state index in [0.29, 0.717) is 63.6 Å². The molecule has 4 heterocycles. The summed E-state index contributed by atoms with van der Waals surface area (Å²) in [5.41, 5.74) is 3.14. The summed E-state index contributed by atoms with van der Waals surface area (Å²) in [4.78, 5) is 36.8. The molecule has 2 aromatic carbocycles. The van der Waals surface area contributed by atoms with Gasteiger partial charge in [-0.25, -0.2) is 26.9 Å². The van der Waals surface area contributed by atoms with Gasteiger partial charge in [-0.15, -0.1) is 0 Å². The quantitative estimate of drug-likeness (QED) is 0.0656. The van der Waals surface area contributed by atoms with Crippen LogP contribution in [0.25, 0.3) is 11.0 Å². The molecule has 4 aliphatic carbocycles. The van der Waals surface area contributed by atoms with Crippen molar-refractivity contribution in [2.75, 3.05) is 69.3 Å². The number of hydrogen-bond donors (Lipinski definition) is 3. The normalized spacial score (nSPS) is 25.0. The van der Waals surface area contributed by atoms with Crippen LogP contribution in [0.3, 0.4) is 0 Å². The van der Waals surface area contributed by atoms with Crippen molar-refractivity contribution in [1.29, 1.82) is 0 Å². The molecule has 2 bridgehead atoms. The molecule has 10 rings (SSSR count). The number of nitrogens with zero attached hydrogens (tertiary/aromatic N) is 4. The standard InChI is InChI=1S/C44H51F2N7O8S/c1-42(2)9-7-29(35(20-42)43-25-44(26-43,27-43)41(45)46)23-51-11-13-52(14-12-51)30-3-5-34(38(18-30)61-31-17-28-8-10-47-39(28)49-21-31)40(54)50-62(57,58)33-4-6-36(37(19-33)53(55)56)48-22-32-24-59-15-16-60-32/h3-6,8,10,17-19,21,32,41,48H,7,9,11-16,20,22-27H2,1-2H3,(H,47,49)(H,50,54)/t32-,43?,44?/m0/s1. The van der Waals surface area contributed by atoms with Crippen LogP contribution in [0.1, 0.15) is 62.7 Å². The van der Waals surface area contributed by atoms with Crippen LogP contribution >= 0.6 is 0 Å². The Bertz CT molecular complexity index is 2510. The summed E-state index contributed by atoms with van der Waals surface area (Å²) in [5, 5.41) is 15.7. The Hall–Kier alpha value is -5.17. The summed E-state index contributed by atoms with van der Waals surface area (Å²) in [7, 11) is -4.60. The summed E-state index contributed by atoms with van der Waals surface area (Å²) in [6.07, 6.45) is 5.53. The number of rotatable bonds is 14. The Morgan fingerprint density at radius 2 is 1.87 bits per heavy atom. The number of halogens is 2. The largest absolute Gasteiger partial charge is 0.455 e. The third kappa shape index (κ3) is 8.24. The molecule has 3 saturated carbocycles. The average molecular weight is 876 g/mol. The highest BCUT2D eigenvalue weighted by Gasteiger charge is 2.73. The number of nitro benzene ring substituents is 1. The molecule has 6 aliphatic rings. The molecule has 5 fully saturated rings. The second-order valence-electron chi connectivity index (χ2n) is 18.3. The van der Waals surface area contributed by atoms with Crippen molar-refractivity contribution in [3.05, 3.63) is 87.7 Å². The molecule has 3 N–H and O–H groups in total. The Morgan fingerprint density at radius 3 is 2.60 bits per heavy atom. The van der Waals surface area contributed by atoms with E-state index in [9.17, 15) is 32.1 Å². The first kappa shape index (κ1) is 42.1. The molecule has 4 aromatic rings. The number of H-pyrrole nitrogens is 1. The van der Waals surface area contributed by atoms with Crippen molar-refractivity contribution in [1.82, 2.24) is 19.6 Å². The number of nitrogens with one attached hydrogen (secondary N) is 3. The van der Waals surface area contributed by atoms with Crippen molar-refractivity contribution in [3.63, 3.8) is 0 Å². The van der Waals surface area contributed by atoms with Gasteiger partial charge in [-0.1, -0.05) is 25.0 Å². The average Bonchev–Trinajstić information content (AvgIpc) is 3.68. The number of allylic oxidation sites excluding steroid dienone is 1. The summed E-state index contributed by atoms with van der Waals surface area (Å²) < 4.78 is 74.2. The molecule has 2 aromatic heterocycles. The van der Waals surface area contributed by atoms with Crippen molar-refractivity contribution in [3.8, 4) is 11.5 Å². The van der Waals surface area contributed by atoms with Crippen LogP contribution in [-0.4, -0.2) is 106 Å². The van der Waals surface area contributed by atoms with Gasteiger partial charge in [-0.2, -0.15) is 0 Å². The number of amides is 1. The van der Waals surface area contributed by atoms with E-state index in [4.69, 9.17) is 14.2 Å². The van der Waals surface area contributed by atoms with Crippen molar-refractivity contribution < 1.29 is 41.1 Å². The van der Waals surface area contributed by atoms with E-state index < -0.39 is 43.3 Å². The molecule has 0 spiro atoms. The Balaban J connectivity index is 0.918. The second-order valence-corrected chi connectivity index (χ2v) is 20.0. The molecule has 1 atom stereocenters. The molecule has 1 amide bonds. The van der Waals surface area contributed by atoms with E-state index in [1.807, 2.05) is 6.07 Å². The summed E-state index contributed by atoms with van der Waals surface area (Å²) in [5.74, 6) is -0.578. The number of sulfonamides is 1. The predicted molar refractivity (Wildman–Crippen MR) is 227 cm³/mol. The van der Waals surface area contributed by atoms with E-state index in [2.05, 4.69) is 43.7 Å². The minimum atomic E-state index is -4.60. The van der Waals surface area contributed by atoms with Gasteiger partial charge in [-0.3, -0.25) is 19.8 Å². The van der Waals surface area contributed by atoms with Crippen molar-refractivity contribution in [2.24, 2.45) is 16.2 Å². The van der Waals surface area contributed by atoms with Gasteiger partial charge < -0.3 is 29.4 Å². The number of alkyl halides is 2. The van der Waals surface area contributed by atoms with Gasteiger partial charge in [0.2, 0.25) is 6.43 Å². The molecule has 0 unspecified atom stereocenters. The van der Waals surface area contributed by atoms with Gasteiger partial charge in [0.25, 0.3) is 21.6 Å². The minimum Gasteiger partial charge on any atom is -0.455 e. The number of benzene rings is 2. The zero-order chi connectivity index (χ0) is 43.4. The maximum absolute atomic E-state index is 13.9. The summed E-state index contributed by atoms with van der Waals surface area (Å²) in [6, 6.07) is 11.9. The van der Waals surface area contributed by atoms with Gasteiger partial charge in [0.15, 0.2) is 0 Å². The number of carbonyl (C=O) groups is 1. The van der Waals surface area contributed by atoms with Crippen LogP contribution in [0.4, 0.5) is 25.8 Å². The smallest absolute Gasteiger partial charge is 0.293 e. The molecular weight excluding hydrogens is 825 g/mol. The molecular formula is C44H51F2N7O8S. The van der Waals surface area contributed by atoms with Crippen LogP contribution in [0.5, 0.6) is 11.5 Å². The maximum Gasteiger partial charge on any atom is 0.293 e. The zero-order valence-electron chi connectivity index (χ0n) is 34.8. The summed E-state index contributed by atoms with van der Waals surface area (Å²) in [6.45, 7) is 9.66. The number of carbonyl (C=O) groups excluding carboxylic acids is 1. The molecule has 18 heteroatoms. The third-order valence-electron chi connectivity index (χ3n) is 13.4. The number of fused-ring (bicyclic) bond motifs is 1. The fraction of sp³-hybridized carbons (Fsp3) is 0.500. The van der Waals surface area contributed by atoms with Gasteiger partial charge in [0, 0.05) is 74.1 Å². The lowest BCUT2D eigenvalue weighted by molar-refractivity contribution is -0.384. The lowest BCUT2D eigenvalue weighted by Gasteiger charge is -2.72. The predicted octanol–water partition coefficient (Wildman–Crippen LogP) is 7.27. The Labute approximate surface area is 358 Å². The number of pyridine rings is 1. The maximum atomic E-state index is 13.9. The van der Waals surface area contributed by atoms with Gasteiger partial charge in [0.1, 0.15) is 22.8 Å². The number of anilines is 2. The van der Waals surface area contributed by atoms with Gasteiger partial charge >= 0.3 is 0 Å². The van der Waals surface area contributed by atoms with E-state index in [1.165, 1.54) is 35.5 Å². The topological polar surface area (TPSA) is 181 Å². The molecule has 0 radical (unpaired) electrons. The van der Waals surface area contributed by atoms with Gasteiger partial charge in [-0.05, 0) is 85.8 Å². The SMILES string of the molecule is CC1(C)CCC(CN2CCN(c3ccc(C(=O)NS(=O)(=O)c4ccc(NC[C@H]5COCCO5)c([N+](=O)[O-])c4)c(Oc4cnc5[nH]ccc5c4)c3)CC2)=C(C23CC(C(F)F)(C2)C3)C1. The fourth-order valence-corrected chi connectivity index (χ4v) is 11.1. The van der Waals surface area contributed by atoms with Crippen LogP contribution < -0.4 is 19.7 Å². The lowest BCUT2D eigenvalue weighted by Crippen LogP contribution is -2.66. The first-order valence-electron chi connectivity index (χ1n) is 21.1. The third-order valence-corrected chi connectivity index (χ3v) is 14.8. The highest BCUT2D eigenvalue weighted by molar-refractivity contribution is 7.90. The van der Waals surface area contributed by atoms with E-state index >= 15 is 0 Å². The molecule has 62 heavy (non-hydrogen) atoms. The number of ether oxygens (including phenoxy) is 3. The van der Waals surface area contributed by atoms with E-state index in [0.717, 1.165) is 56.0 Å². The summed E-state index contributed by atoms with van der Waals surface area (Å²) >= 11 is 0. The van der Waals surface area contributed by atoms with Crippen LogP contribution in [0.15, 0.2) is 77.0 Å². The Morgan fingerprint density at radius 1 is 1.08 bits per heavy atom.